The molecule has 0 spiro atoms. The van der Waals surface area contributed by atoms with Crippen LogP contribution in [0.15, 0.2) is 30.3 Å². The topological polar surface area (TPSA) is 98.5 Å². The van der Waals surface area contributed by atoms with Crippen molar-refractivity contribution in [1.29, 1.82) is 0 Å². The lowest BCUT2D eigenvalue weighted by molar-refractivity contribution is -0.385. The minimum absolute atomic E-state index is 0.108. The number of ether oxygens (including phenoxy) is 1. The normalized spacial score (nSPS) is 10.3. The highest BCUT2D eigenvalue weighted by molar-refractivity contribution is 7.16. The number of amides is 1. The predicted molar refractivity (Wildman–Crippen MR) is 95.1 cm³/mol. The maximum atomic E-state index is 12.3. The molecule has 0 unspecified atom stereocenters. The van der Waals surface area contributed by atoms with Gasteiger partial charge in [-0.2, -0.15) is 0 Å². The summed E-state index contributed by atoms with van der Waals surface area (Å²) in [5.41, 5.74) is 0.512. The van der Waals surface area contributed by atoms with Gasteiger partial charge in [-0.15, -0.1) is 11.3 Å². The Morgan fingerprint density at radius 2 is 2.00 bits per heavy atom. The molecule has 2 rings (SSSR count). The van der Waals surface area contributed by atoms with Gasteiger partial charge in [-0.3, -0.25) is 14.9 Å². The number of esters is 1. The predicted octanol–water partition coefficient (Wildman–Crippen LogP) is 3.58. The Bertz CT molecular complexity index is 800. The van der Waals surface area contributed by atoms with Gasteiger partial charge >= 0.3 is 5.97 Å². The number of nitrogens with zero attached hydrogens (tertiary/aromatic N) is 1. The van der Waals surface area contributed by atoms with Crippen LogP contribution >= 0.6 is 11.3 Å². The number of thiophene rings is 1. The lowest BCUT2D eigenvalue weighted by atomic mass is 10.1. The van der Waals surface area contributed by atoms with Gasteiger partial charge in [0, 0.05) is 16.5 Å². The van der Waals surface area contributed by atoms with E-state index in [1.165, 1.54) is 23.5 Å². The fourth-order valence-corrected chi connectivity index (χ4v) is 3.25. The Morgan fingerprint density at radius 1 is 1.28 bits per heavy atom. The smallest absolute Gasteiger partial charge is 0.341 e. The Labute approximate surface area is 148 Å². The van der Waals surface area contributed by atoms with E-state index in [1.54, 1.807) is 25.1 Å². The molecule has 0 saturated carbocycles. The zero-order valence-corrected chi connectivity index (χ0v) is 14.7. The fraction of sp³-hybridized carbons (Fsp3) is 0.294. The molecule has 1 aromatic carbocycles. The summed E-state index contributed by atoms with van der Waals surface area (Å²) in [7, 11) is 0. The molecule has 132 valence electrons. The van der Waals surface area contributed by atoms with Crippen LogP contribution in [0, 0.1) is 10.1 Å². The van der Waals surface area contributed by atoms with E-state index in [0.29, 0.717) is 16.1 Å². The van der Waals surface area contributed by atoms with Gasteiger partial charge in [0.2, 0.25) is 5.91 Å². The van der Waals surface area contributed by atoms with Crippen LogP contribution in [0.2, 0.25) is 0 Å². The van der Waals surface area contributed by atoms with Gasteiger partial charge in [-0.25, -0.2) is 4.79 Å². The molecule has 7 nitrogen and oxygen atoms in total. The Balaban J connectivity index is 2.19. The van der Waals surface area contributed by atoms with Gasteiger partial charge in [0.1, 0.15) is 5.00 Å². The van der Waals surface area contributed by atoms with Crippen molar-refractivity contribution in [2.75, 3.05) is 11.9 Å². The van der Waals surface area contributed by atoms with Crippen LogP contribution in [0.25, 0.3) is 0 Å². The number of rotatable bonds is 7. The molecule has 0 radical (unpaired) electrons. The number of nitro benzene ring substituents is 1. The average Bonchev–Trinajstić information content (AvgIpc) is 2.98. The van der Waals surface area contributed by atoms with Gasteiger partial charge in [-0.05, 0) is 19.4 Å². The van der Waals surface area contributed by atoms with E-state index in [0.717, 1.165) is 11.3 Å². The summed E-state index contributed by atoms with van der Waals surface area (Å²) in [4.78, 5) is 35.8. The second-order valence-electron chi connectivity index (χ2n) is 5.14. The first-order valence-electron chi connectivity index (χ1n) is 7.78. The van der Waals surface area contributed by atoms with Gasteiger partial charge in [-0.1, -0.05) is 25.1 Å². The molecule has 1 aromatic heterocycles. The van der Waals surface area contributed by atoms with E-state index in [4.69, 9.17) is 4.74 Å². The highest BCUT2D eigenvalue weighted by atomic mass is 32.1. The number of hydrogen-bond acceptors (Lipinski definition) is 6. The molecule has 0 aliphatic carbocycles. The molecule has 0 fully saturated rings. The highest BCUT2D eigenvalue weighted by Gasteiger charge is 2.20. The van der Waals surface area contributed by atoms with Crippen LogP contribution in [0.4, 0.5) is 10.7 Å². The number of aryl methyl sites for hydroxylation is 1. The number of carbonyl (C=O) groups excluding carboxylic acids is 2. The summed E-state index contributed by atoms with van der Waals surface area (Å²) in [5, 5.41) is 14.1. The molecule has 2 aromatic rings. The summed E-state index contributed by atoms with van der Waals surface area (Å²) in [6.07, 6.45) is 0.565. The highest BCUT2D eigenvalue weighted by Crippen LogP contribution is 2.30. The van der Waals surface area contributed by atoms with Crippen molar-refractivity contribution in [3.05, 3.63) is 56.5 Å². The quantitative estimate of drug-likeness (QED) is 0.461. The van der Waals surface area contributed by atoms with Gasteiger partial charge in [0.25, 0.3) is 5.69 Å². The van der Waals surface area contributed by atoms with Crippen LogP contribution in [0.5, 0.6) is 0 Å². The second-order valence-corrected chi connectivity index (χ2v) is 6.28. The summed E-state index contributed by atoms with van der Waals surface area (Å²) in [6.45, 7) is 3.89. The SMILES string of the molecule is CCOC(=O)c1cc(CC)sc1NC(=O)Cc1ccccc1[N+](=O)[O-]. The van der Waals surface area contributed by atoms with E-state index >= 15 is 0 Å². The van der Waals surface area contributed by atoms with Crippen LogP contribution in [0.3, 0.4) is 0 Å². The zero-order chi connectivity index (χ0) is 18.4. The standard InChI is InChI=1S/C17H18N2O5S/c1-3-12-10-13(17(21)24-4-2)16(25-12)18-15(20)9-11-7-5-6-8-14(11)19(22)23/h5-8,10H,3-4,9H2,1-2H3,(H,18,20). The van der Waals surface area contributed by atoms with E-state index < -0.39 is 16.8 Å². The molecule has 8 heteroatoms. The molecule has 25 heavy (non-hydrogen) atoms. The van der Waals surface area contributed by atoms with E-state index in [2.05, 4.69) is 5.32 Å². The molecule has 0 aliphatic heterocycles. The van der Waals surface area contributed by atoms with Gasteiger partial charge < -0.3 is 10.1 Å². The third-order valence-electron chi connectivity index (χ3n) is 3.42. The van der Waals surface area contributed by atoms with Gasteiger partial charge in [0.15, 0.2) is 0 Å². The zero-order valence-electron chi connectivity index (χ0n) is 13.9. The maximum absolute atomic E-state index is 12.3. The molecule has 0 atom stereocenters. The third-order valence-corrected chi connectivity index (χ3v) is 4.61. The number of nitrogens with one attached hydrogen (secondary N) is 1. The van der Waals surface area contributed by atoms with Crippen molar-refractivity contribution in [2.24, 2.45) is 0 Å². The molecule has 1 N–H and O–H groups in total. The number of hydrogen-bond donors (Lipinski definition) is 1. The second kappa shape index (κ2) is 8.39. The van der Waals surface area contributed by atoms with Crippen molar-refractivity contribution in [3.63, 3.8) is 0 Å². The minimum atomic E-state index is -0.521. The van der Waals surface area contributed by atoms with E-state index in [9.17, 15) is 19.7 Å². The van der Waals surface area contributed by atoms with E-state index in [1.807, 2.05) is 6.92 Å². The first kappa shape index (κ1) is 18.6. The molecule has 0 bridgehead atoms. The number of nitro groups is 1. The molecule has 0 saturated heterocycles. The van der Waals surface area contributed by atoms with Crippen molar-refractivity contribution >= 4 is 33.9 Å². The molecule has 1 heterocycles. The lowest BCUT2D eigenvalue weighted by Crippen LogP contribution is -2.16. The lowest BCUT2D eigenvalue weighted by Gasteiger charge is -2.06. The Kier molecular flexibility index (Phi) is 6.24. The van der Waals surface area contributed by atoms with Crippen molar-refractivity contribution in [1.82, 2.24) is 0 Å². The number of anilines is 1. The number of benzene rings is 1. The van der Waals surface area contributed by atoms with Crippen molar-refractivity contribution in [3.8, 4) is 0 Å². The average molecular weight is 362 g/mol. The van der Waals surface area contributed by atoms with Gasteiger partial charge in [0.05, 0.1) is 23.5 Å². The third kappa shape index (κ3) is 4.63. The molecular formula is C17H18N2O5S. The van der Waals surface area contributed by atoms with Crippen LogP contribution < -0.4 is 5.32 Å². The summed E-state index contributed by atoms with van der Waals surface area (Å²) in [5.74, 6) is -0.927. The Hall–Kier alpha value is -2.74. The molecule has 0 aliphatic rings. The number of para-hydroxylation sites is 1. The largest absolute Gasteiger partial charge is 0.462 e. The number of carbonyl (C=O) groups is 2. The monoisotopic (exact) mass is 362 g/mol. The minimum Gasteiger partial charge on any atom is -0.462 e. The van der Waals surface area contributed by atoms with Crippen LogP contribution in [0.1, 0.15) is 34.6 Å². The summed E-state index contributed by atoms with van der Waals surface area (Å²) >= 11 is 1.30. The molecular weight excluding hydrogens is 344 g/mol. The van der Waals surface area contributed by atoms with Crippen molar-refractivity contribution in [2.45, 2.75) is 26.7 Å². The Morgan fingerprint density at radius 3 is 2.64 bits per heavy atom. The molecule has 1 amide bonds. The maximum Gasteiger partial charge on any atom is 0.341 e. The first-order valence-corrected chi connectivity index (χ1v) is 8.59. The van der Waals surface area contributed by atoms with Crippen LogP contribution in [-0.2, 0) is 22.4 Å². The summed E-state index contributed by atoms with van der Waals surface area (Å²) < 4.78 is 5.00. The van der Waals surface area contributed by atoms with E-state index in [-0.39, 0.29) is 18.7 Å². The summed E-state index contributed by atoms with van der Waals surface area (Å²) in [6, 6.07) is 7.78. The van der Waals surface area contributed by atoms with Crippen LogP contribution in [-0.4, -0.2) is 23.4 Å². The fourth-order valence-electron chi connectivity index (χ4n) is 2.25. The van der Waals surface area contributed by atoms with Crippen molar-refractivity contribution < 1.29 is 19.2 Å². The first-order chi connectivity index (χ1) is 12.0.